The van der Waals surface area contributed by atoms with Gasteiger partial charge in [0.1, 0.15) is 13.2 Å². The summed E-state index contributed by atoms with van der Waals surface area (Å²) in [7, 11) is 0. The van der Waals surface area contributed by atoms with E-state index in [1.165, 1.54) is 17.3 Å². The Balaban J connectivity index is 1.26. The van der Waals surface area contributed by atoms with Crippen LogP contribution in [-0.4, -0.2) is 51.6 Å². The number of ether oxygens (including phenoxy) is 2. The zero-order chi connectivity index (χ0) is 21.6. The molecule has 8 nitrogen and oxygen atoms in total. The van der Waals surface area contributed by atoms with Gasteiger partial charge in [-0.15, -0.1) is 5.10 Å². The number of benzene rings is 2. The van der Waals surface area contributed by atoms with Crippen molar-refractivity contribution >= 4 is 17.7 Å². The van der Waals surface area contributed by atoms with Gasteiger partial charge in [0.15, 0.2) is 11.5 Å². The Hall–Kier alpha value is -3.07. The van der Waals surface area contributed by atoms with Crippen LogP contribution in [0, 0.1) is 0 Å². The van der Waals surface area contributed by atoms with Crippen LogP contribution in [-0.2, 0) is 11.2 Å². The van der Waals surface area contributed by atoms with Crippen molar-refractivity contribution in [1.29, 1.82) is 0 Å². The highest BCUT2D eigenvalue weighted by molar-refractivity contribution is 7.99. The van der Waals surface area contributed by atoms with Crippen molar-refractivity contribution in [1.82, 2.24) is 25.5 Å². The fourth-order valence-electron chi connectivity index (χ4n) is 3.20. The van der Waals surface area contributed by atoms with E-state index in [-0.39, 0.29) is 11.7 Å². The van der Waals surface area contributed by atoms with E-state index >= 15 is 0 Å². The quantitative estimate of drug-likeness (QED) is 0.540. The van der Waals surface area contributed by atoms with Crippen LogP contribution in [0.25, 0.3) is 5.69 Å². The van der Waals surface area contributed by atoms with Gasteiger partial charge < -0.3 is 14.8 Å². The predicted molar refractivity (Wildman–Crippen MR) is 118 cm³/mol. The van der Waals surface area contributed by atoms with Gasteiger partial charge in [-0.25, -0.2) is 0 Å². The fourth-order valence-corrected chi connectivity index (χ4v) is 3.92. The third-order valence-electron chi connectivity index (χ3n) is 4.92. The van der Waals surface area contributed by atoms with Crippen molar-refractivity contribution in [3.05, 3.63) is 53.6 Å². The molecule has 9 heteroatoms. The summed E-state index contributed by atoms with van der Waals surface area (Å²) >= 11 is 1.31. The van der Waals surface area contributed by atoms with Gasteiger partial charge in [0, 0.05) is 6.54 Å². The number of hydrogen-bond donors (Lipinski definition) is 1. The second-order valence-corrected chi connectivity index (χ2v) is 8.43. The summed E-state index contributed by atoms with van der Waals surface area (Å²) in [4.78, 5) is 12.3. The Morgan fingerprint density at radius 3 is 2.68 bits per heavy atom. The number of nitrogens with zero attached hydrogens (tertiary/aromatic N) is 4. The number of amides is 1. The minimum Gasteiger partial charge on any atom is -0.486 e. The fraction of sp³-hybridized carbons (Fsp3) is 0.364. The maximum absolute atomic E-state index is 12.3. The molecule has 0 bridgehead atoms. The van der Waals surface area contributed by atoms with E-state index in [0.717, 1.165) is 22.7 Å². The standard InChI is InChI=1S/C22H25N5O3S/c1-15(2)17-4-6-18(7-5-17)27-22(24-25-26-27)31-14-21(28)23-10-9-16-3-8-19-20(13-16)30-12-11-29-19/h3-8,13,15H,9-12,14H2,1-2H3,(H,23,28). The van der Waals surface area contributed by atoms with Gasteiger partial charge in [-0.3, -0.25) is 4.79 Å². The SMILES string of the molecule is CC(C)c1ccc(-n2nnnc2SCC(=O)NCCc2ccc3c(c2)OCCO3)cc1. The van der Waals surface area contributed by atoms with Crippen LogP contribution in [0.4, 0.5) is 0 Å². The molecule has 31 heavy (non-hydrogen) atoms. The number of carbonyl (C=O) groups is 1. The van der Waals surface area contributed by atoms with Gasteiger partial charge in [-0.1, -0.05) is 43.8 Å². The number of fused-ring (bicyclic) bond motifs is 1. The Labute approximate surface area is 185 Å². The Morgan fingerprint density at radius 1 is 1.13 bits per heavy atom. The molecule has 0 aliphatic carbocycles. The van der Waals surface area contributed by atoms with Gasteiger partial charge in [0.05, 0.1) is 11.4 Å². The molecule has 1 aliphatic rings. The lowest BCUT2D eigenvalue weighted by atomic mass is 10.0. The van der Waals surface area contributed by atoms with Gasteiger partial charge in [0.2, 0.25) is 11.1 Å². The molecule has 0 unspecified atom stereocenters. The average molecular weight is 440 g/mol. The number of rotatable bonds is 8. The number of nitrogens with one attached hydrogen (secondary N) is 1. The summed E-state index contributed by atoms with van der Waals surface area (Å²) in [6, 6.07) is 14.0. The van der Waals surface area contributed by atoms with Crippen molar-refractivity contribution in [3.8, 4) is 17.2 Å². The van der Waals surface area contributed by atoms with Gasteiger partial charge >= 0.3 is 0 Å². The second kappa shape index (κ2) is 9.82. The molecule has 0 spiro atoms. The Bertz CT molecular complexity index is 1040. The molecule has 2 aromatic carbocycles. The molecule has 0 fully saturated rings. The lowest BCUT2D eigenvalue weighted by Gasteiger charge is -2.18. The van der Waals surface area contributed by atoms with Crippen LogP contribution in [0.5, 0.6) is 11.5 Å². The molecule has 1 N–H and O–H groups in total. The van der Waals surface area contributed by atoms with E-state index in [1.807, 2.05) is 30.3 Å². The lowest BCUT2D eigenvalue weighted by Crippen LogP contribution is -2.27. The molecule has 0 radical (unpaired) electrons. The molecule has 2 heterocycles. The smallest absolute Gasteiger partial charge is 0.230 e. The number of aromatic nitrogens is 4. The second-order valence-electron chi connectivity index (χ2n) is 7.49. The molecule has 0 saturated carbocycles. The molecule has 162 valence electrons. The van der Waals surface area contributed by atoms with Crippen LogP contribution in [0.15, 0.2) is 47.6 Å². The van der Waals surface area contributed by atoms with Crippen LogP contribution in [0.2, 0.25) is 0 Å². The molecule has 1 amide bonds. The summed E-state index contributed by atoms with van der Waals surface area (Å²) in [6.07, 6.45) is 0.715. The van der Waals surface area contributed by atoms with E-state index in [1.54, 1.807) is 4.68 Å². The van der Waals surface area contributed by atoms with Crippen LogP contribution in [0.3, 0.4) is 0 Å². The molecule has 1 aliphatic heterocycles. The third kappa shape index (κ3) is 5.35. The summed E-state index contributed by atoms with van der Waals surface area (Å²) in [5.41, 5.74) is 3.21. The monoisotopic (exact) mass is 439 g/mol. The Morgan fingerprint density at radius 2 is 1.90 bits per heavy atom. The molecular weight excluding hydrogens is 414 g/mol. The molecule has 0 atom stereocenters. The lowest BCUT2D eigenvalue weighted by molar-refractivity contribution is -0.118. The van der Waals surface area contributed by atoms with Crippen LogP contribution >= 0.6 is 11.8 Å². The van der Waals surface area contributed by atoms with E-state index in [4.69, 9.17) is 9.47 Å². The maximum Gasteiger partial charge on any atom is 0.230 e. The van der Waals surface area contributed by atoms with E-state index in [2.05, 4.69) is 46.8 Å². The van der Waals surface area contributed by atoms with Crippen LogP contribution in [0.1, 0.15) is 30.9 Å². The first kappa shape index (κ1) is 21.2. The number of hydrogen-bond acceptors (Lipinski definition) is 7. The van der Waals surface area contributed by atoms with E-state index < -0.39 is 0 Å². The number of carbonyl (C=O) groups excluding carboxylic acids is 1. The molecular formula is C22H25N5O3S. The van der Waals surface area contributed by atoms with Gasteiger partial charge in [-0.2, -0.15) is 4.68 Å². The van der Waals surface area contributed by atoms with Crippen molar-refractivity contribution < 1.29 is 14.3 Å². The van der Waals surface area contributed by atoms with E-state index in [0.29, 0.717) is 37.3 Å². The molecule has 3 aromatic rings. The van der Waals surface area contributed by atoms with Crippen molar-refractivity contribution in [3.63, 3.8) is 0 Å². The summed E-state index contributed by atoms with van der Waals surface area (Å²) in [5.74, 6) is 2.17. The van der Waals surface area contributed by atoms with Gasteiger partial charge in [0.25, 0.3) is 0 Å². The molecule has 1 aromatic heterocycles. The normalized spacial score (nSPS) is 12.7. The maximum atomic E-state index is 12.3. The zero-order valence-electron chi connectivity index (χ0n) is 17.6. The zero-order valence-corrected chi connectivity index (χ0v) is 18.4. The highest BCUT2D eigenvalue weighted by atomic mass is 32.2. The minimum atomic E-state index is -0.0627. The first-order valence-electron chi connectivity index (χ1n) is 10.3. The van der Waals surface area contributed by atoms with Gasteiger partial charge in [-0.05, 0) is 58.2 Å². The van der Waals surface area contributed by atoms with Crippen molar-refractivity contribution in [2.75, 3.05) is 25.5 Å². The highest BCUT2D eigenvalue weighted by Crippen LogP contribution is 2.30. The minimum absolute atomic E-state index is 0.0627. The average Bonchev–Trinajstić information content (AvgIpc) is 3.26. The van der Waals surface area contributed by atoms with Crippen molar-refractivity contribution in [2.24, 2.45) is 0 Å². The Kier molecular flexibility index (Phi) is 6.71. The summed E-state index contributed by atoms with van der Waals surface area (Å²) in [6.45, 7) is 5.98. The topological polar surface area (TPSA) is 91.2 Å². The first-order chi connectivity index (χ1) is 15.1. The predicted octanol–water partition coefficient (Wildman–Crippen LogP) is 3.01. The molecule has 0 saturated heterocycles. The largest absolute Gasteiger partial charge is 0.486 e. The molecule has 4 rings (SSSR count). The summed E-state index contributed by atoms with van der Waals surface area (Å²) in [5, 5.41) is 15.4. The number of tetrazole rings is 1. The highest BCUT2D eigenvalue weighted by Gasteiger charge is 2.13. The van der Waals surface area contributed by atoms with Crippen LogP contribution < -0.4 is 14.8 Å². The third-order valence-corrected chi connectivity index (χ3v) is 5.84. The van der Waals surface area contributed by atoms with Crippen molar-refractivity contribution in [2.45, 2.75) is 31.3 Å². The summed E-state index contributed by atoms with van der Waals surface area (Å²) < 4.78 is 12.8. The van der Waals surface area contributed by atoms with E-state index in [9.17, 15) is 4.79 Å². The first-order valence-corrected chi connectivity index (χ1v) is 11.3. The number of thioether (sulfide) groups is 1.